The van der Waals surface area contributed by atoms with Crippen LogP contribution in [0.1, 0.15) is 25.7 Å². The normalized spacial score (nSPS) is 12.8. The second-order valence-electron chi connectivity index (χ2n) is 3.13. The Kier molecular flexibility index (Phi) is 7.05. The smallest absolute Gasteiger partial charge is 0.356 e. The molecule has 0 fully saturated rings. The van der Waals surface area contributed by atoms with Gasteiger partial charge < -0.3 is 19.3 Å². The topological polar surface area (TPSA) is 93.1 Å². The minimum absolute atomic E-state index is 0.0551. The lowest BCUT2D eigenvalue weighted by Crippen LogP contribution is -1.94. The molecule has 0 heterocycles. The molecule has 0 atom stereocenters. The van der Waals surface area contributed by atoms with Crippen molar-refractivity contribution in [2.45, 2.75) is 25.7 Å². The van der Waals surface area contributed by atoms with E-state index in [2.05, 4.69) is 9.05 Å². The third-order valence-electron chi connectivity index (χ3n) is 1.89. The number of allylic oxidation sites excluding steroid dienone is 1. The van der Waals surface area contributed by atoms with Crippen molar-refractivity contribution in [2.24, 2.45) is 0 Å². The number of carbonyl (C=O) groups is 1. The molecule has 0 spiro atoms. The van der Waals surface area contributed by atoms with Gasteiger partial charge in [-0.05, 0) is 12.8 Å². The molecule has 0 aromatic heterocycles. The second-order valence-corrected chi connectivity index (χ2v) is 5.19. The molecule has 16 heavy (non-hydrogen) atoms. The molecule has 0 radical (unpaired) electrons. The lowest BCUT2D eigenvalue weighted by Gasteiger charge is -2.09. The summed E-state index contributed by atoms with van der Waals surface area (Å²) in [7, 11) is -0.892. The minimum atomic E-state index is -3.33. The molecule has 2 N–H and O–H groups in total. The monoisotopic (exact) mass is 252 g/mol. The molecule has 0 unspecified atom stereocenters. The molecular weight excluding hydrogens is 235 g/mol. The summed E-state index contributed by atoms with van der Waals surface area (Å²) in [6.45, 7) is 0. The molecule has 7 heteroatoms. The van der Waals surface area contributed by atoms with Crippen molar-refractivity contribution in [1.29, 1.82) is 0 Å². The van der Waals surface area contributed by atoms with Crippen LogP contribution in [0.3, 0.4) is 0 Å². The number of hydrogen-bond donors (Lipinski definition) is 2. The Labute approximate surface area is 94.4 Å². The zero-order valence-electron chi connectivity index (χ0n) is 9.38. The van der Waals surface area contributed by atoms with E-state index < -0.39 is 13.6 Å². The Balaban J connectivity index is 4.05. The van der Waals surface area contributed by atoms with E-state index in [1.54, 1.807) is 0 Å². The Hall–Kier alpha value is -0.840. The van der Waals surface area contributed by atoms with Crippen LogP contribution >= 0.6 is 7.60 Å². The number of aliphatic carboxylic acids is 1. The van der Waals surface area contributed by atoms with Crippen LogP contribution in [0.25, 0.3) is 0 Å². The highest BCUT2D eigenvalue weighted by Gasteiger charge is 2.18. The first-order chi connectivity index (χ1) is 7.43. The molecule has 0 rings (SSSR count). The Bertz CT molecular complexity index is 290. The molecule has 6 nitrogen and oxygen atoms in total. The van der Waals surface area contributed by atoms with Gasteiger partial charge in [-0.25, -0.2) is 0 Å². The Morgan fingerprint density at radius 3 is 2.12 bits per heavy atom. The van der Waals surface area contributed by atoms with Crippen LogP contribution in [0.2, 0.25) is 0 Å². The molecule has 0 amide bonds. The van der Waals surface area contributed by atoms with Gasteiger partial charge in [-0.1, -0.05) is 0 Å². The summed E-state index contributed by atoms with van der Waals surface area (Å²) in [6.07, 6.45) is 1.27. The molecule has 0 aliphatic carbocycles. The van der Waals surface area contributed by atoms with Gasteiger partial charge in [0.25, 0.3) is 0 Å². The van der Waals surface area contributed by atoms with E-state index in [1.807, 2.05) is 0 Å². The highest BCUT2D eigenvalue weighted by molar-refractivity contribution is 7.57. The molecule has 0 aromatic carbocycles. The summed E-state index contributed by atoms with van der Waals surface area (Å²) >= 11 is 0. The zero-order chi connectivity index (χ0) is 12.6. The van der Waals surface area contributed by atoms with Crippen molar-refractivity contribution in [1.82, 2.24) is 0 Å². The predicted molar refractivity (Wildman–Crippen MR) is 58.4 cm³/mol. The predicted octanol–water partition coefficient (Wildman–Crippen LogP) is 2.52. The van der Waals surface area contributed by atoms with Gasteiger partial charge in [0.15, 0.2) is 0 Å². The highest BCUT2D eigenvalue weighted by Crippen LogP contribution is 2.48. The van der Waals surface area contributed by atoms with Crippen LogP contribution in [0.4, 0.5) is 0 Å². The van der Waals surface area contributed by atoms with Crippen molar-refractivity contribution in [3.05, 3.63) is 11.6 Å². The summed E-state index contributed by atoms with van der Waals surface area (Å²) in [6, 6.07) is 0. The lowest BCUT2D eigenvalue weighted by atomic mass is 10.2. The van der Waals surface area contributed by atoms with Crippen molar-refractivity contribution in [3.8, 4) is 0 Å². The summed E-state index contributed by atoms with van der Waals surface area (Å²) in [5, 5.41) is 17.8. The third kappa shape index (κ3) is 6.61. The van der Waals surface area contributed by atoms with Crippen molar-refractivity contribution >= 4 is 13.6 Å². The Morgan fingerprint density at radius 1 is 1.19 bits per heavy atom. The van der Waals surface area contributed by atoms with E-state index in [0.29, 0.717) is 12.8 Å². The number of hydrogen-bond acceptors (Lipinski definition) is 5. The molecule has 0 aliphatic heterocycles. The number of carboxylic acid groups (broad SMARTS) is 1. The fraction of sp³-hybridized carbons (Fsp3) is 0.667. The summed E-state index contributed by atoms with van der Waals surface area (Å²) in [5.41, 5.74) is 0. The van der Waals surface area contributed by atoms with E-state index in [4.69, 9.17) is 5.11 Å². The molecule has 94 valence electrons. The molecular formula is C9H17O6P. The van der Waals surface area contributed by atoms with Crippen LogP contribution in [-0.2, 0) is 18.4 Å². The summed E-state index contributed by atoms with van der Waals surface area (Å²) in [5.74, 6) is 0.0497. The van der Waals surface area contributed by atoms with Crippen LogP contribution < -0.4 is 0 Å². The van der Waals surface area contributed by atoms with Gasteiger partial charge in [0.2, 0.25) is 0 Å². The first kappa shape index (κ1) is 15.2. The van der Waals surface area contributed by atoms with Crippen molar-refractivity contribution < 1.29 is 28.6 Å². The fourth-order valence-corrected chi connectivity index (χ4v) is 1.86. The molecule has 0 bridgehead atoms. The number of carboxylic acids is 1. The zero-order valence-corrected chi connectivity index (χ0v) is 10.3. The van der Waals surface area contributed by atoms with Gasteiger partial charge in [0.05, 0.1) is 5.82 Å². The van der Waals surface area contributed by atoms with Crippen LogP contribution in [0.15, 0.2) is 11.6 Å². The van der Waals surface area contributed by atoms with E-state index >= 15 is 0 Å². The maximum absolute atomic E-state index is 11.5. The summed E-state index contributed by atoms with van der Waals surface area (Å²) < 4.78 is 20.7. The molecule has 0 saturated heterocycles. The average molecular weight is 252 g/mol. The van der Waals surface area contributed by atoms with Gasteiger partial charge in [0, 0.05) is 27.1 Å². The van der Waals surface area contributed by atoms with Crippen LogP contribution in [-0.4, -0.2) is 30.4 Å². The van der Waals surface area contributed by atoms with Gasteiger partial charge >= 0.3 is 13.6 Å². The second kappa shape index (κ2) is 7.44. The van der Waals surface area contributed by atoms with Crippen LogP contribution in [0.5, 0.6) is 0 Å². The number of aliphatic hydroxyl groups excluding tert-OH is 1. The van der Waals surface area contributed by atoms with Crippen molar-refractivity contribution in [2.75, 3.05) is 14.2 Å². The maximum Gasteiger partial charge on any atom is 0.356 e. The lowest BCUT2D eigenvalue weighted by molar-refractivity contribution is -0.137. The first-order valence-electron chi connectivity index (χ1n) is 4.77. The summed E-state index contributed by atoms with van der Waals surface area (Å²) in [4.78, 5) is 10.2. The standard InChI is InChI=1S/C9H17O6P/c1-14-16(13,15-2)7-8(10)5-3-4-6-9(11)12/h7,10H,3-6H2,1-2H3,(H,11,12)/b8-7-. The quantitative estimate of drug-likeness (QED) is 0.391. The molecule has 0 aromatic rings. The number of aliphatic hydroxyl groups is 1. The number of rotatable bonds is 8. The van der Waals surface area contributed by atoms with Crippen LogP contribution in [0, 0.1) is 0 Å². The van der Waals surface area contributed by atoms with Crippen molar-refractivity contribution in [3.63, 3.8) is 0 Å². The molecule has 0 aliphatic rings. The van der Waals surface area contributed by atoms with Gasteiger partial charge in [0.1, 0.15) is 5.76 Å². The molecule has 0 saturated carbocycles. The highest BCUT2D eigenvalue weighted by atomic mass is 31.2. The fourth-order valence-electron chi connectivity index (χ4n) is 1.01. The third-order valence-corrected chi connectivity index (χ3v) is 3.52. The minimum Gasteiger partial charge on any atom is -0.512 e. The average Bonchev–Trinajstić information content (AvgIpc) is 2.24. The van der Waals surface area contributed by atoms with Gasteiger partial charge in [-0.3, -0.25) is 9.36 Å². The largest absolute Gasteiger partial charge is 0.512 e. The first-order valence-corrected chi connectivity index (χ1v) is 6.38. The van der Waals surface area contributed by atoms with E-state index in [9.17, 15) is 14.5 Å². The Morgan fingerprint density at radius 2 is 1.69 bits per heavy atom. The van der Waals surface area contributed by atoms with E-state index in [-0.39, 0.29) is 18.6 Å². The van der Waals surface area contributed by atoms with E-state index in [1.165, 1.54) is 14.2 Å². The maximum atomic E-state index is 11.5. The van der Waals surface area contributed by atoms with Gasteiger partial charge in [-0.2, -0.15) is 0 Å². The van der Waals surface area contributed by atoms with Gasteiger partial charge in [-0.15, -0.1) is 0 Å². The number of unbranched alkanes of at least 4 members (excludes halogenated alkanes) is 1. The SMILES string of the molecule is COP(=O)(/C=C(\O)CCCCC(=O)O)OC. The van der Waals surface area contributed by atoms with E-state index in [0.717, 1.165) is 5.82 Å².